The SMILES string of the molecule is CC(CNC1CCCC1C1COCCN1)N1CCOCC1. The molecule has 0 radical (unpaired) electrons. The molecule has 3 fully saturated rings. The fourth-order valence-corrected chi connectivity index (χ4v) is 4.05. The topological polar surface area (TPSA) is 45.8 Å². The summed E-state index contributed by atoms with van der Waals surface area (Å²) in [5, 5.41) is 7.50. The van der Waals surface area contributed by atoms with Gasteiger partial charge in [-0.25, -0.2) is 0 Å². The lowest BCUT2D eigenvalue weighted by Crippen LogP contribution is -2.53. The molecule has 3 rings (SSSR count). The molecule has 0 aromatic carbocycles. The molecular weight excluding hydrogens is 266 g/mol. The van der Waals surface area contributed by atoms with Crippen molar-refractivity contribution in [2.75, 3.05) is 52.6 Å². The van der Waals surface area contributed by atoms with Crippen molar-refractivity contribution in [2.24, 2.45) is 5.92 Å². The minimum absolute atomic E-state index is 0.553. The van der Waals surface area contributed by atoms with E-state index in [0.717, 1.165) is 58.5 Å². The summed E-state index contributed by atoms with van der Waals surface area (Å²) in [5.74, 6) is 0.738. The van der Waals surface area contributed by atoms with Crippen molar-refractivity contribution in [3.63, 3.8) is 0 Å². The number of rotatable bonds is 5. The van der Waals surface area contributed by atoms with Crippen molar-refractivity contribution in [3.8, 4) is 0 Å². The van der Waals surface area contributed by atoms with E-state index in [-0.39, 0.29) is 0 Å². The first-order valence-electron chi connectivity index (χ1n) is 8.71. The Kier molecular flexibility index (Phi) is 5.89. The van der Waals surface area contributed by atoms with Gasteiger partial charge in [0.15, 0.2) is 0 Å². The van der Waals surface area contributed by atoms with Gasteiger partial charge in [-0.1, -0.05) is 6.42 Å². The van der Waals surface area contributed by atoms with Crippen LogP contribution in [0.5, 0.6) is 0 Å². The zero-order valence-electron chi connectivity index (χ0n) is 13.4. The number of nitrogens with zero attached hydrogens (tertiary/aromatic N) is 1. The van der Waals surface area contributed by atoms with Gasteiger partial charge in [0.2, 0.25) is 0 Å². The lowest BCUT2D eigenvalue weighted by Gasteiger charge is -2.36. The minimum atomic E-state index is 0.553. The van der Waals surface area contributed by atoms with Gasteiger partial charge in [-0.3, -0.25) is 4.90 Å². The summed E-state index contributed by atoms with van der Waals surface area (Å²) in [5.41, 5.74) is 0. The molecule has 0 aromatic heterocycles. The van der Waals surface area contributed by atoms with Crippen LogP contribution < -0.4 is 10.6 Å². The molecule has 2 heterocycles. The van der Waals surface area contributed by atoms with Crippen LogP contribution in [0.2, 0.25) is 0 Å². The summed E-state index contributed by atoms with van der Waals surface area (Å²) >= 11 is 0. The molecule has 122 valence electrons. The average Bonchev–Trinajstić information content (AvgIpc) is 3.03. The van der Waals surface area contributed by atoms with Gasteiger partial charge in [-0.2, -0.15) is 0 Å². The van der Waals surface area contributed by atoms with Gasteiger partial charge in [0.25, 0.3) is 0 Å². The fraction of sp³-hybridized carbons (Fsp3) is 1.00. The second-order valence-electron chi connectivity index (χ2n) is 6.74. The molecule has 21 heavy (non-hydrogen) atoms. The van der Waals surface area contributed by atoms with E-state index in [4.69, 9.17) is 9.47 Å². The predicted molar refractivity (Wildman–Crippen MR) is 83.6 cm³/mol. The van der Waals surface area contributed by atoms with E-state index in [0.29, 0.717) is 18.1 Å². The molecule has 4 unspecified atom stereocenters. The molecular formula is C16H31N3O2. The Morgan fingerprint density at radius 1 is 1.19 bits per heavy atom. The summed E-state index contributed by atoms with van der Waals surface area (Å²) < 4.78 is 11.1. The van der Waals surface area contributed by atoms with Gasteiger partial charge in [-0.05, 0) is 25.7 Å². The number of hydrogen-bond donors (Lipinski definition) is 2. The number of ether oxygens (including phenoxy) is 2. The molecule has 2 aliphatic heterocycles. The van der Waals surface area contributed by atoms with Crippen LogP contribution >= 0.6 is 0 Å². The first-order chi connectivity index (χ1) is 10.3. The molecule has 3 aliphatic rings. The number of nitrogens with one attached hydrogen (secondary N) is 2. The Bertz CT molecular complexity index is 304. The largest absolute Gasteiger partial charge is 0.379 e. The summed E-state index contributed by atoms with van der Waals surface area (Å²) in [7, 11) is 0. The van der Waals surface area contributed by atoms with E-state index in [1.165, 1.54) is 19.3 Å². The zero-order chi connectivity index (χ0) is 14.5. The maximum absolute atomic E-state index is 5.65. The van der Waals surface area contributed by atoms with Gasteiger partial charge in [0.1, 0.15) is 0 Å². The van der Waals surface area contributed by atoms with Gasteiger partial charge < -0.3 is 20.1 Å². The first kappa shape index (κ1) is 15.7. The second kappa shape index (κ2) is 7.88. The highest BCUT2D eigenvalue weighted by molar-refractivity contribution is 4.92. The van der Waals surface area contributed by atoms with Gasteiger partial charge in [0.05, 0.1) is 26.4 Å². The fourth-order valence-electron chi connectivity index (χ4n) is 4.05. The van der Waals surface area contributed by atoms with Crippen LogP contribution in [0, 0.1) is 5.92 Å². The van der Waals surface area contributed by atoms with Crippen LogP contribution in [0.1, 0.15) is 26.2 Å². The predicted octanol–water partition coefficient (Wildman–Crippen LogP) is 0.454. The van der Waals surface area contributed by atoms with Crippen molar-refractivity contribution in [1.82, 2.24) is 15.5 Å². The maximum Gasteiger partial charge on any atom is 0.0623 e. The lowest BCUT2D eigenvalue weighted by atomic mass is 9.94. The molecule has 5 heteroatoms. The highest BCUT2D eigenvalue weighted by Gasteiger charge is 2.34. The molecule has 4 atom stereocenters. The van der Waals surface area contributed by atoms with Crippen molar-refractivity contribution < 1.29 is 9.47 Å². The van der Waals surface area contributed by atoms with Crippen LogP contribution in [-0.4, -0.2) is 75.6 Å². The summed E-state index contributed by atoms with van der Waals surface area (Å²) in [6.45, 7) is 10.1. The Hall–Kier alpha value is -0.200. The van der Waals surface area contributed by atoms with E-state index in [1.54, 1.807) is 0 Å². The van der Waals surface area contributed by atoms with E-state index >= 15 is 0 Å². The molecule has 2 N–H and O–H groups in total. The van der Waals surface area contributed by atoms with Crippen molar-refractivity contribution in [2.45, 2.75) is 44.3 Å². The quantitative estimate of drug-likeness (QED) is 0.772. The maximum atomic E-state index is 5.65. The lowest BCUT2D eigenvalue weighted by molar-refractivity contribution is 0.0187. The van der Waals surface area contributed by atoms with E-state index in [2.05, 4.69) is 22.5 Å². The monoisotopic (exact) mass is 297 g/mol. The highest BCUT2D eigenvalue weighted by atomic mass is 16.5. The van der Waals surface area contributed by atoms with Crippen molar-refractivity contribution in [3.05, 3.63) is 0 Å². The zero-order valence-corrected chi connectivity index (χ0v) is 13.4. The summed E-state index contributed by atoms with van der Waals surface area (Å²) in [6, 6.07) is 1.82. The smallest absolute Gasteiger partial charge is 0.0623 e. The number of hydrogen-bond acceptors (Lipinski definition) is 5. The first-order valence-corrected chi connectivity index (χ1v) is 8.71. The molecule has 0 amide bonds. The highest BCUT2D eigenvalue weighted by Crippen LogP contribution is 2.29. The normalized spacial score (nSPS) is 36.7. The molecule has 0 spiro atoms. The van der Waals surface area contributed by atoms with Crippen LogP contribution in [0.4, 0.5) is 0 Å². The molecule has 1 aliphatic carbocycles. The number of morpholine rings is 2. The average molecular weight is 297 g/mol. The van der Waals surface area contributed by atoms with Gasteiger partial charge in [0, 0.05) is 44.3 Å². The third-order valence-corrected chi connectivity index (χ3v) is 5.38. The Morgan fingerprint density at radius 3 is 2.81 bits per heavy atom. The summed E-state index contributed by atoms with van der Waals surface area (Å²) in [4.78, 5) is 2.54. The Morgan fingerprint density at radius 2 is 2.05 bits per heavy atom. The van der Waals surface area contributed by atoms with E-state index in [9.17, 15) is 0 Å². The van der Waals surface area contributed by atoms with Gasteiger partial charge in [-0.15, -0.1) is 0 Å². The molecule has 2 saturated heterocycles. The Labute approximate surface area is 128 Å². The third kappa shape index (κ3) is 4.17. The van der Waals surface area contributed by atoms with Gasteiger partial charge >= 0.3 is 0 Å². The molecule has 0 aromatic rings. The third-order valence-electron chi connectivity index (χ3n) is 5.38. The standard InChI is InChI=1S/C16H31N3O2/c1-13(19-6-9-20-10-7-19)11-18-15-4-2-3-14(15)16-12-21-8-5-17-16/h13-18H,2-12H2,1H3. The molecule has 1 saturated carbocycles. The van der Waals surface area contributed by atoms with E-state index in [1.807, 2.05) is 0 Å². The minimum Gasteiger partial charge on any atom is -0.379 e. The van der Waals surface area contributed by atoms with Crippen LogP contribution in [-0.2, 0) is 9.47 Å². The van der Waals surface area contributed by atoms with Crippen LogP contribution in [0.25, 0.3) is 0 Å². The molecule has 5 nitrogen and oxygen atoms in total. The summed E-state index contributed by atoms with van der Waals surface area (Å²) in [6.07, 6.45) is 4.01. The van der Waals surface area contributed by atoms with Crippen LogP contribution in [0.15, 0.2) is 0 Å². The van der Waals surface area contributed by atoms with Crippen molar-refractivity contribution >= 4 is 0 Å². The van der Waals surface area contributed by atoms with Crippen molar-refractivity contribution in [1.29, 1.82) is 0 Å². The molecule has 0 bridgehead atoms. The second-order valence-corrected chi connectivity index (χ2v) is 6.74. The van der Waals surface area contributed by atoms with Crippen LogP contribution in [0.3, 0.4) is 0 Å². The Balaban J connectivity index is 1.44. The van der Waals surface area contributed by atoms with E-state index < -0.39 is 0 Å².